The van der Waals surface area contributed by atoms with Gasteiger partial charge < -0.3 is 10.2 Å². The van der Waals surface area contributed by atoms with Gasteiger partial charge in [-0.2, -0.15) is 4.98 Å². The van der Waals surface area contributed by atoms with Gasteiger partial charge in [0.05, 0.1) is 0 Å². The van der Waals surface area contributed by atoms with Crippen molar-refractivity contribution < 1.29 is 0 Å². The molecular weight excluding hydrogens is 224 g/mol. The molecule has 2 rings (SSSR count). The number of anilines is 2. The van der Waals surface area contributed by atoms with Gasteiger partial charge in [0.2, 0.25) is 5.95 Å². The van der Waals surface area contributed by atoms with Gasteiger partial charge in [0.15, 0.2) is 0 Å². The number of hydrogen-bond donors (Lipinski definition) is 1. The molecule has 0 aliphatic carbocycles. The largest absolute Gasteiger partial charge is 0.356 e. The van der Waals surface area contributed by atoms with Crippen molar-refractivity contribution in [1.82, 2.24) is 9.97 Å². The van der Waals surface area contributed by atoms with Gasteiger partial charge >= 0.3 is 0 Å². The van der Waals surface area contributed by atoms with Crippen LogP contribution < -0.4 is 10.2 Å². The van der Waals surface area contributed by atoms with Crippen LogP contribution in [0.4, 0.5) is 11.8 Å². The van der Waals surface area contributed by atoms with Crippen LogP contribution >= 0.6 is 0 Å². The Bertz CT molecular complexity index is 391. The molecule has 4 heteroatoms. The monoisotopic (exact) mass is 248 g/mol. The summed E-state index contributed by atoms with van der Waals surface area (Å²) in [7, 11) is 0. The predicted octanol–water partition coefficient (Wildman–Crippen LogP) is 2.84. The van der Waals surface area contributed by atoms with E-state index in [4.69, 9.17) is 0 Å². The normalized spacial score (nSPS) is 19.3. The molecule has 0 aromatic carbocycles. The second-order valence-electron chi connectivity index (χ2n) is 5.14. The van der Waals surface area contributed by atoms with Crippen LogP contribution in [0.1, 0.15) is 38.7 Å². The highest BCUT2D eigenvalue weighted by Gasteiger charge is 2.23. The van der Waals surface area contributed by atoms with Crippen LogP contribution in [0.25, 0.3) is 0 Å². The lowest BCUT2D eigenvalue weighted by Gasteiger charge is -2.20. The van der Waals surface area contributed by atoms with E-state index in [1.807, 2.05) is 6.20 Å². The molecule has 18 heavy (non-hydrogen) atoms. The summed E-state index contributed by atoms with van der Waals surface area (Å²) in [6.07, 6.45) is 5.58. The van der Waals surface area contributed by atoms with Gasteiger partial charge in [-0.15, -0.1) is 0 Å². The Labute approximate surface area is 110 Å². The van der Waals surface area contributed by atoms with Crippen molar-refractivity contribution >= 4 is 11.8 Å². The molecule has 0 saturated carbocycles. The third-order valence-corrected chi connectivity index (χ3v) is 3.64. The molecule has 1 unspecified atom stereocenters. The summed E-state index contributed by atoms with van der Waals surface area (Å²) < 4.78 is 0. The van der Waals surface area contributed by atoms with E-state index in [1.165, 1.54) is 18.4 Å². The molecule has 1 N–H and O–H groups in total. The van der Waals surface area contributed by atoms with Crippen molar-refractivity contribution in [3.8, 4) is 0 Å². The fourth-order valence-corrected chi connectivity index (χ4v) is 2.43. The van der Waals surface area contributed by atoms with E-state index in [0.29, 0.717) is 0 Å². The van der Waals surface area contributed by atoms with Gasteiger partial charge in [-0.25, -0.2) is 4.98 Å². The lowest BCUT2D eigenvalue weighted by molar-refractivity contribution is 0.568. The smallest absolute Gasteiger partial charge is 0.224 e. The molecule has 1 aromatic heterocycles. The standard InChI is InChI=1S/C14H24N4/c1-4-7-15-14-16-9-11(3)13(17-14)18-8-6-12(5-2)10-18/h9,12H,4-8,10H2,1-3H3,(H,15,16,17). The van der Waals surface area contributed by atoms with E-state index in [0.717, 1.165) is 43.7 Å². The van der Waals surface area contributed by atoms with E-state index in [1.54, 1.807) is 0 Å². The van der Waals surface area contributed by atoms with Crippen LogP contribution in [-0.2, 0) is 0 Å². The molecule has 4 nitrogen and oxygen atoms in total. The van der Waals surface area contributed by atoms with Crippen LogP contribution in [-0.4, -0.2) is 29.6 Å². The quantitative estimate of drug-likeness (QED) is 0.870. The van der Waals surface area contributed by atoms with Crippen molar-refractivity contribution in [3.63, 3.8) is 0 Å². The zero-order valence-corrected chi connectivity index (χ0v) is 11.7. The molecule has 1 fully saturated rings. The van der Waals surface area contributed by atoms with E-state index < -0.39 is 0 Å². The Kier molecular flexibility index (Phi) is 4.39. The summed E-state index contributed by atoms with van der Waals surface area (Å²) in [5.41, 5.74) is 1.17. The van der Waals surface area contributed by atoms with Gasteiger partial charge in [0.1, 0.15) is 5.82 Å². The molecular formula is C14H24N4. The van der Waals surface area contributed by atoms with Gasteiger partial charge in [-0.05, 0) is 25.7 Å². The SMILES string of the molecule is CCCNc1ncc(C)c(N2CCC(CC)C2)n1. The van der Waals surface area contributed by atoms with Gasteiger partial charge in [-0.1, -0.05) is 20.3 Å². The van der Waals surface area contributed by atoms with Gasteiger partial charge in [0, 0.05) is 31.4 Å². The molecule has 0 amide bonds. The maximum Gasteiger partial charge on any atom is 0.224 e. The lowest BCUT2D eigenvalue weighted by atomic mass is 10.1. The Morgan fingerprint density at radius 3 is 2.94 bits per heavy atom. The first-order valence-corrected chi connectivity index (χ1v) is 7.07. The van der Waals surface area contributed by atoms with Gasteiger partial charge in [-0.3, -0.25) is 0 Å². The highest BCUT2D eigenvalue weighted by atomic mass is 15.2. The maximum atomic E-state index is 4.66. The number of aryl methyl sites for hydroxylation is 1. The molecule has 1 atom stereocenters. The predicted molar refractivity (Wildman–Crippen MR) is 76.2 cm³/mol. The summed E-state index contributed by atoms with van der Waals surface area (Å²) in [5.74, 6) is 2.70. The summed E-state index contributed by atoms with van der Waals surface area (Å²) >= 11 is 0. The molecule has 2 heterocycles. The summed E-state index contributed by atoms with van der Waals surface area (Å²) in [5, 5.41) is 3.26. The fourth-order valence-electron chi connectivity index (χ4n) is 2.43. The molecule has 1 aliphatic heterocycles. The minimum Gasteiger partial charge on any atom is -0.356 e. The molecule has 0 bridgehead atoms. The van der Waals surface area contributed by atoms with Crippen LogP contribution in [0, 0.1) is 12.8 Å². The molecule has 0 radical (unpaired) electrons. The third kappa shape index (κ3) is 2.92. The molecule has 0 spiro atoms. The Morgan fingerprint density at radius 2 is 2.28 bits per heavy atom. The van der Waals surface area contributed by atoms with Crippen molar-refractivity contribution in [2.75, 3.05) is 29.9 Å². The topological polar surface area (TPSA) is 41.1 Å². The second kappa shape index (κ2) is 6.03. The first-order chi connectivity index (χ1) is 8.74. The number of aromatic nitrogens is 2. The van der Waals surface area contributed by atoms with Crippen molar-refractivity contribution in [3.05, 3.63) is 11.8 Å². The van der Waals surface area contributed by atoms with E-state index in [9.17, 15) is 0 Å². The number of rotatable bonds is 5. The second-order valence-corrected chi connectivity index (χ2v) is 5.14. The summed E-state index contributed by atoms with van der Waals surface area (Å²) in [6, 6.07) is 0. The first kappa shape index (κ1) is 13.1. The summed E-state index contributed by atoms with van der Waals surface area (Å²) in [4.78, 5) is 11.4. The average molecular weight is 248 g/mol. The van der Waals surface area contributed by atoms with Crippen LogP contribution in [0.15, 0.2) is 6.20 Å². The first-order valence-electron chi connectivity index (χ1n) is 7.07. The maximum absolute atomic E-state index is 4.66. The highest BCUT2D eigenvalue weighted by Crippen LogP contribution is 2.26. The fraction of sp³-hybridized carbons (Fsp3) is 0.714. The lowest BCUT2D eigenvalue weighted by Crippen LogP contribution is -2.22. The average Bonchev–Trinajstić information content (AvgIpc) is 2.86. The van der Waals surface area contributed by atoms with E-state index in [2.05, 4.69) is 41.0 Å². The van der Waals surface area contributed by atoms with E-state index in [-0.39, 0.29) is 0 Å². The molecule has 100 valence electrons. The van der Waals surface area contributed by atoms with E-state index >= 15 is 0 Å². The third-order valence-electron chi connectivity index (χ3n) is 3.64. The van der Waals surface area contributed by atoms with Crippen molar-refractivity contribution in [1.29, 1.82) is 0 Å². The van der Waals surface area contributed by atoms with Crippen molar-refractivity contribution in [2.24, 2.45) is 5.92 Å². The van der Waals surface area contributed by atoms with Gasteiger partial charge in [0.25, 0.3) is 0 Å². The molecule has 1 aromatic rings. The molecule has 1 aliphatic rings. The number of nitrogens with zero attached hydrogens (tertiary/aromatic N) is 3. The zero-order chi connectivity index (χ0) is 13.0. The van der Waals surface area contributed by atoms with Crippen LogP contribution in [0.5, 0.6) is 0 Å². The minimum atomic E-state index is 0.761. The van der Waals surface area contributed by atoms with Crippen molar-refractivity contribution in [2.45, 2.75) is 40.0 Å². The molecule has 1 saturated heterocycles. The van der Waals surface area contributed by atoms with Crippen LogP contribution in [0.3, 0.4) is 0 Å². The minimum absolute atomic E-state index is 0.761. The Balaban J connectivity index is 2.11. The Hall–Kier alpha value is -1.32. The summed E-state index contributed by atoms with van der Waals surface area (Å²) in [6.45, 7) is 9.72. The Morgan fingerprint density at radius 1 is 1.44 bits per heavy atom. The zero-order valence-electron chi connectivity index (χ0n) is 11.7. The number of hydrogen-bond acceptors (Lipinski definition) is 4. The number of nitrogens with one attached hydrogen (secondary N) is 1. The highest BCUT2D eigenvalue weighted by molar-refractivity contribution is 5.49. The van der Waals surface area contributed by atoms with Crippen LogP contribution in [0.2, 0.25) is 0 Å².